The molecule has 1 atom stereocenters. The Morgan fingerprint density at radius 3 is 3.00 bits per heavy atom. The number of benzene rings is 1. The number of ether oxygens (including phenoxy) is 1. The smallest absolute Gasteiger partial charge is 0.195 e. The number of aromatic nitrogens is 3. The number of rotatable bonds is 4. The summed E-state index contributed by atoms with van der Waals surface area (Å²) in [4.78, 5) is 0. The Morgan fingerprint density at radius 1 is 1.33 bits per heavy atom. The monoisotopic (exact) mass is 261 g/mol. The van der Waals surface area contributed by atoms with Gasteiger partial charge in [-0.3, -0.25) is 4.57 Å². The first kappa shape index (κ1) is 11.7. The molecule has 1 aromatic heterocycles. The van der Waals surface area contributed by atoms with E-state index in [1.54, 1.807) is 18.1 Å². The van der Waals surface area contributed by atoms with Gasteiger partial charge in [-0.2, -0.15) is 0 Å². The summed E-state index contributed by atoms with van der Waals surface area (Å²) >= 11 is 1.71. The fraction of sp³-hybridized carbons (Fsp3) is 0.385. The van der Waals surface area contributed by atoms with E-state index in [-0.39, 0.29) is 0 Å². The molecule has 18 heavy (non-hydrogen) atoms. The van der Waals surface area contributed by atoms with Crippen molar-refractivity contribution in [2.45, 2.75) is 24.1 Å². The van der Waals surface area contributed by atoms with Crippen molar-refractivity contribution in [1.82, 2.24) is 14.8 Å². The molecule has 94 valence electrons. The van der Waals surface area contributed by atoms with Gasteiger partial charge in [-0.05, 0) is 25.0 Å². The maximum atomic E-state index is 5.62. The second kappa shape index (κ2) is 5.54. The Kier molecular flexibility index (Phi) is 3.61. The number of para-hydroxylation sites is 1. The van der Waals surface area contributed by atoms with Crippen LogP contribution in [0.25, 0.3) is 5.69 Å². The van der Waals surface area contributed by atoms with E-state index in [2.05, 4.69) is 22.3 Å². The molecule has 0 aliphatic carbocycles. The van der Waals surface area contributed by atoms with Crippen LogP contribution < -0.4 is 0 Å². The molecule has 1 saturated heterocycles. The highest BCUT2D eigenvalue weighted by Gasteiger charge is 2.17. The first-order valence-corrected chi connectivity index (χ1v) is 7.12. The van der Waals surface area contributed by atoms with Gasteiger partial charge < -0.3 is 4.74 Å². The van der Waals surface area contributed by atoms with Crippen LogP contribution in [0.1, 0.15) is 12.8 Å². The van der Waals surface area contributed by atoms with Gasteiger partial charge in [0.05, 0.1) is 6.10 Å². The van der Waals surface area contributed by atoms with Crippen LogP contribution in [0.2, 0.25) is 0 Å². The van der Waals surface area contributed by atoms with E-state index in [0.717, 1.165) is 29.6 Å². The predicted octanol–water partition coefficient (Wildman–Crippen LogP) is 2.54. The van der Waals surface area contributed by atoms with Gasteiger partial charge in [0.2, 0.25) is 0 Å². The van der Waals surface area contributed by atoms with Gasteiger partial charge in [0, 0.05) is 18.0 Å². The molecule has 3 rings (SSSR count). The van der Waals surface area contributed by atoms with Gasteiger partial charge in [0.25, 0.3) is 0 Å². The average molecular weight is 261 g/mol. The van der Waals surface area contributed by atoms with Crippen molar-refractivity contribution < 1.29 is 4.74 Å². The van der Waals surface area contributed by atoms with E-state index in [9.17, 15) is 0 Å². The zero-order valence-corrected chi connectivity index (χ0v) is 10.8. The van der Waals surface area contributed by atoms with Gasteiger partial charge in [0.1, 0.15) is 6.33 Å². The van der Waals surface area contributed by atoms with Crippen molar-refractivity contribution in [3.8, 4) is 5.69 Å². The third kappa shape index (κ3) is 2.57. The number of thioether (sulfide) groups is 1. The second-order valence-electron chi connectivity index (χ2n) is 4.27. The fourth-order valence-electron chi connectivity index (χ4n) is 2.03. The molecule has 2 heterocycles. The van der Waals surface area contributed by atoms with Gasteiger partial charge in [-0.1, -0.05) is 30.0 Å². The van der Waals surface area contributed by atoms with Crippen LogP contribution in [0.3, 0.4) is 0 Å². The molecule has 1 aliphatic heterocycles. The van der Waals surface area contributed by atoms with Crippen molar-refractivity contribution in [1.29, 1.82) is 0 Å². The Morgan fingerprint density at radius 2 is 2.22 bits per heavy atom. The van der Waals surface area contributed by atoms with Crippen LogP contribution in [0.4, 0.5) is 0 Å². The lowest BCUT2D eigenvalue weighted by molar-refractivity contribution is 0.129. The topological polar surface area (TPSA) is 39.9 Å². The Balaban J connectivity index is 1.71. The zero-order chi connectivity index (χ0) is 12.2. The lowest BCUT2D eigenvalue weighted by atomic mass is 10.3. The highest BCUT2D eigenvalue weighted by molar-refractivity contribution is 7.99. The van der Waals surface area contributed by atoms with Crippen LogP contribution in [-0.4, -0.2) is 33.2 Å². The van der Waals surface area contributed by atoms with Crippen LogP contribution in [0.5, 0.6) is 0 Å². The van der Waals surface area contributed by atoms with Gasteiger partial charge in [-0.25, -0.2) is 0 Å². The predicted molar refractivity (Wildman–Crippen MR) is 71.1 cm³/mol. The van der Waals surface area contributed by atoms with Crippen LogP contribution in [-0.2, 0) is 4.74 Å². The summed E-state index contributed by atoms with van der Waals surface area (Å²) in [6.07, 6.45) is 4.46. The van der Waals surface area contributed by atoms with Gasteiger partial charge >= 0.3 is 0 Å². The van der Waals surface area contributed by atoms with E-state index in [0.29, 0.717) is 6.10 Å². The van der Waals surface area contributed by atoms with Gasteiger partial charge in [0.15, 0.2) is 5.16 Å². The summed E-state index contributed by atoms with van der Waals surface area (Å²) < 4.78 is 7.63. The standard InChI is InChI=1S/C13H15N3OS/c1-2-5-11(6-3-1)16-10-14-15-13(16)18-9-12-7-4-8-17-12/h1-3,5-6,10,12H,4,7-9H2/t12-/m1/s1. The lowest BCUT2D eigenvalue weighted by Crippen LogP contribution is -2.08. The molecule has 0 saturated carbocycles. The molecule has 5 heteroatoms. The minimum Gasteiger partial charge on any atom is -0.377 e. The van der Waals surface area contributed by atoms with E-state index in [4.69, 9.17) is 4.74 Å². The highest BCUT2D eigenvalue weighted by atomic mass is 32.2. The molecule has 2 aromatic rings. The van der Waals surface area contributed by atoms with E-state index >= 15 is 0 Å². The fourth-order valence-corrected chi connectivity index (χ4v) is 3.03. The van der Waals surface area contributed by atoms with E-state index in [1.807, 2.05) is 22.8 Å². The normalized spacial score (nSPS) is 19.2. The SMILES string of the molecule is c1ccc(-n2cnnc2SC[C@H]2CCCO2)cc1. The van der Waals surface area contributed by atoms with E-state index < -0.39 is 0 Å². The largest absolute Gasteiger partial charge is 0.377 e. The zero-order valence-electron chi connectivity index (χ0n) is 10.0. The van der Waals surface area contributed by atoms with Crippen LogP contribution >= 0.6 is 11.8 Å². The average Bonchev–Trinajstić information content (AvgIpc) is 3.09. The molecule has 4 nitrogen and oxygen atoms in total. The molecule has 1 aliphatic rings. The maximum Gasteiger partial charge on any atom is 0.195 e. The summed E-state index contributed by atoms with van der Waals surface area (Å²) in [5, 5.41) is 9.10. The molecule has 0 amide bonds. The Bertz CT molecular complexity index is 494. The molecule has 0 radical (unpaired) electrons. The van der Waals surface area contributed by atoms with Gasteiger partial charge in [-0.15, -0.1) is 10.2 Å². The first-order chi connectivity index (χ1) is 8.93. The third-order valence-electron chi connectivity index (χ3n) is 2.97. The van der Waals surface area contributed by atoms with Crippen molar-refractivity contribution in [2.75, 3.05) is 12.4 Å². The Hall–Kier alpha value is -1.33. The molecular weight excluding hydrogens is 246 g/mol. The summed E-state index contributed by atoms with van der Waals surface area (Å²) in [6, 6.07) is 10.2. The van der Waals surface area contributed by atoms with Crippen molar-refractivity contribution in [3.63, 3.8) is 0 Å². The number of hydrogen-bond acceptors (Lipinski definition) is 4. The van der Waals surface area contributed by atoms with Crippen molar-refractivity contribution >= 4 is 11.8 Å². The Labute approximate surface area is 110 Å². The van der Waals surface area contributed by atoms with E-state index in [1.165, 1.54) is 6.42 Å². The highest BCUT2D eigenvalue weighted by Crippen LogP contribution is 2.24. The first-order valence-electron chi connectivity index (χ1n) is 6.13. The second-order valence-corrected chi connectivity index (χ2v) is 5.25. The molecule has 0 N–H and O–H groups in total. The van der Waals surface area contributed by atoms with Crippen molar-refractivity contribution in [2.24, 2.45) is 0 Å². The summed E-state index contributed by atoms with van der Waals surface area (Å²) in [6.45, 7) is 0.899. The summed E-state index contributed by atoms with van der Waals surface area (Å²) in [5.41, 5.74) is 1.09. The van der Waals surface area contributed by atoms with Crippen LogP contribution in [0.15, 0.2) is 41.8 Å². The molecule has 1 fully saturated rings. The van der Waals surface area contributed by atoms with Crippen molar-refractivity contribution in [3.05, 3.63) is 36.7 Å². The molecule has 0 unspecified atom stereocenters. The number of nitrogens with zero attached hydrogens (tertiary/aromatic N) is 3. The molecular formula is C13H15N3OS. The summed E-state index contributed by atoms with van der Waals surface area (Å²) in [7, 11) is 0. The molecule has 0 bridgehead atoms. The minimum atomic E-state index is 0.371. The lowest BCUT2D eigenvalue weighted by Gasteiger charge is -2.09. The maximum absolute atomic E-state index is 5.62. The molecule has 0 spiro atoms. The minimum absolute atomic E-state index is 0.371. The van der Waals surface area contributed by atoms with Crippen LogP contribution in [0, 0.1) is 0 Å². The quantitative estimate of drug-likeness (QED) is 0.793. The summed E-state index contributed by atoms with van der Waals surface area (Å²) in [5.74, 6) is 0.950. The number of hydrogen-bond donors (Lipinski definition) is 0. The third-order valence-corrected chi connectivity index (χ3v) is 4.05. The molecule has 1 aromatic carbocycles.